The first-order valence-corrected chi connectivity index (χ1v) is 29.7. The number of pyridine rings is 2. The number of rotatable bonds is 8. The summed E-state index contributed by atoms with van der Waals surface area (Å²) in [6, 6.07) is 41.6. The summed E-state index contributed by atoms with van der Waals surface area (Å²) in [7, 11) is 0. The first-order valence-electron chi connectivity index (χ1n) is 22.4. The number of aromatic nitrogens is 2. The van der Waals surface area contributed by atoms with Gasteiger partial charge in [0.1, 0.15) is 0 Å². The van der Waals surface area contributed by atoms with Gasteiger partial charge in [-0.05, 0) is 72.4 Å². The van der Waals surface area contributed by atoms with Gasteiger partial charge in [0.15, 0.2) is 0 Å². The summed E-state index contributed by atoms with van der Waals surface area (Å²) in [5, 5.41) is 4.62. The molecular formula is C56H58GeIrN2O-2. The Labute approximate surface area is 379 Å². The number of nitrogens with zero attached hydrogens (tertiary/aromatic N) is 2. The van der Waals surface area contributed by atoms with Crippen molar-refractivity contribution in [2.75, 3.05) is 0 Å². The Balaban J connectivity index is 0.000000172. The second-order valence-electron chi connectivity index (χ2n) is 18.8. The smallest absolute Gasteiger partial charge is 0 e. The molecule has 0 N–H and O–H groups in total. The van der Waals surface area contributed by atoms with Crippen molar-refractivity contribution in [3.05, 3.63) is 149 Å². The van der Waals surface area contributed by atoms with Gasteiger partial charge < -0.3 is 4.42 Å². The van der Waals surface area contributed by atoms with Gasteiger partial charge in [-0.1, -0.05) is 84.7 Å². The predicted octanol–water partition coefficient (Wildman–Crippen LogP) is 14.8. The van der Waals surface area contributed by atoms with Gasteiger partial charge in [0.25, 0.3) is 0 Å². The first-order chi connectivity index (χ1) is 29.1. The number of hydrogen-bond donors (Lipinski definition) is 0. The minimum absolute atomic E-state index is 0. The summed E-state index contributed by atoms with van der Waals surface area (Å²) >= 11 is -1.92. The zero-order chi connectivity index (χ0) is 41.4. The quantitative estimate of drug-likeness (QED) is 0.112. The van der Waals surface area contributed by atoms with Crippen LogP contribution in [0.5, 0.6) is 0 Å². The summed E-state index contributed by atoms with van der Waals surface area (Å²) in [6.45, 7) is 6.55. The second-order valence-corrected chi connectivity index (χ2v) is 29.4. The van der Waals surface area contributed by atoms with Crippen LogP contribution in [0.15, 0.2) is 114 Å². The predicted molar refractivity (Wildman–Crippen MR) is 256 cm³/mol. The van der Waals surface area contributed by atoms with Crippen LogP contribution in [0.25, 0.3) is 66.4 Å². The maximum atomic E-state index is 6.25. The molecule has 1 radical (unpaired) electrons. The molecule has 2 aliphatic carbocycles. The third-order valence-electron chi connectivity index (χ3n) is 13.4. The molecular weight excluding hydrogens is 981 g/mol. The largest absolute Gasteiger partial charge is 0 e. The summed E-state index contributed by atoms with van der Waals surface area (Å²) in [5.74, 6) is 9.15. The van der Waals surface area contributed by atoms with E-state index in [4.69, 9.17) is 14.4 Å². The van der Waals surface area contributed by atoms with Crippen molar-refractivity contribution >= 4 is 50.4 Å². The van der Waals surface area contributed by atoms with Crippen LogP contribution in [0.4, 0.5) is 0 Å². The van der Waals surface area contributed by atoms with Crippen molar-refractivity contribution in [1.29, 1.82) is 0 Å². The minimum atomic E-state index is -1.92. The van der Waals surface area contributed by atoms with E-state index in [2.05, 4.69) is 160 Å². The van der Waals surface area contributed by atoms with E-state index < -0.39 is 13.3 Å². The zero-order valence-electron chi connectivity index (χ0n) is 36.8. The molecule has 10 rings (SSSR count). The van der Waals surface area contributed by atoms with Gasteiger partial charge in [0, 0.05) is 32.0 Å². The average molecular weight is 1040 g/mol. The van der Waals surface area contributed by atoms with Crippen molar-refractivity contribution < 1.29 is 24.5 Å². The standard InChI is InChI=1S/C32H30NO.C24H28GeN.Ir/c1-20-7-6-8-21(2)32(20)25-11-13-27-28-17-24(12-14-30(28)34-31(27)18-25)29-15-22(3)26(19-33-29)16-23-9-4-5-10-23;1-25(2,3)23-17-26-24(16-22(23)14-18-8-4-5-9-18)21-13-12-19-10-6-7-11-20(19)15-21;/h6-8,11-15,18-19,23H,4-5,9-10,16H2,1-3H3;6-7,10-12,15-18H,4-5,8-9,14H2,1-3H3;/q2*-1;. The Hall–Kier alpha value is -4.35. The van der Waals surface area contributed by atoms with E-state index in [-0.39, 0.29) is 20.1 Å². The van der Waals surface area contributed by atoms with Crippen LogP contribution in [-0.2, 0) is 32.9 Å². The molecule has 0 saturated heterocycles. The molecule has 0 spiro atoms. The molecule has 313 valence electrons. The molecule has 5 heteroatoms. The number of aryl methyl sites for hydroxylation is 3. The third-order valence-corrected chi connectivity index (χ3v) is 17.7. The number of hydrogen-bond acceptors (Lipinski definition) is 3. The van der Waals surface area contributed by atoms with Gasteiger partial charge in [-0.15, -0.1) is 12.1 Å². The van der Waals surface area contributed by atoms with Crippen LogP contribution in [-0.4, -0.2) is 23.2 Å². The molecule has 0 bridgehead atoms. The molecule has 61 heavy (non-hydrogen) atoms. The van der Waals surface area contributed by atoms with Crippen LogP contribution < -0.4 is 4.40 Å². The molecule has 3 heterocycles. The summed E-state index contributed by atoms with van der Waals surface area (Å²) in [5.41, 5.74) is 15.3. The van der Waals surface area contributed by atoms with E-state index >= 15 is 0 Å². The minimum Gasteiger partial charge on any atom is 0 e. The molecule has 2 saturated carbocycles. The summed E-state index contributed by atoms with van der Waals surface area (Å²) < 4.78 is 7.84. The fourth-order valence-electron chi connectivity index (χ4n) is 10.0. The van der Waals surface area contributed by atoms with Gasteiger partial charge in [-0.25, -0.2) is 0 Å². The summed E-state index contributed by atoms with van der Waals surface area (Å²) in [4.78, 5) is 9.71. The van der Waals surface area contributed by atoms with Gasteiger partial charge in [-0.3, -0.25) is 4.98 Å². The Bertz CT molecular complexity index is 2800. The Kier molecular flexibility index (Phi) is 13.2. The molecule has 0 atom stereocenters. The monoisotopic (exact) mass is 1040 g/mol. The maximum Gasteiger partial charge on any atom is 0 e. The molecule has 3 aromatic heterocycles. The van der Waals surface area contributed by atoms with Gasteiger partial charge in [0.2, 0.25) is 0 Å². The number of furan rings is 1. The van der Waals surface area contributed by atoms with Crippen molar-refractivity contribution in [3.8, 4) is 33.6 Å². The molecule has 5 aromatic carbocycles. The molecule has 8 aromatic rings. The topological polar surface area (TPSA) is 38.9 Å². The average Bonchev–Trinajstić information content (AvgIpc) is 4.03. The maximum absolute atomic E-state index is 6.25. The summed E-state index contributed by atoms with van der Waals surface area (Å²) in [6.07, 6.45) is 17.8. The molecule has 2 aliphatic rings. The molecule has 0 aliphatic heterocycles. The van der Waals surface area contributed by atoms with Crippen molar-refractivity contribution in [2.24, 2.45) is 11.8 Å². The molecule has 0 unspecified atom stereocenters. The van der Waals surface area contributed by atoms with Crippen LogP contribution in [0.1, 0.15) is 79.2 Å². The van der Waals surface area contributed by atoms with E-state index in [1.54, 1.807) is 9.96 Å². The van der Waals surface area contributed by atoms with Crippen molar-refractivity contribution in [2.45, 2.75) is 102 Å². The fraction of sp³-hybridized carbons (Fsp3) is 0.321. The van der Waals surface area contributed by atoms with Crippen LogP contribution in [0.3, 0.4) is 0 Å². The van der Waals surface area contributed by atoms with Gasteiger partial charge >= 0.3 is 160 Å². The van der Waals surface area contributed by atoms with Crippen LogP contribution in [0.2, 0.25) is 17.3 Å². The Morgan fingerprint density at radius 1 is 0.623 bits per heavy atom. The van der Waals surface area contributed by atoms with E-state index in [9.17, 15) is 0 Å². The van der Waals surface area contributed by atoms with E-state index in [0.29, 0.717) is 0 Å². The zero-order valence-corrected chi connectivity index (χ0v) is 41.2. The van der Waals surface area contributed by atoms with Crippen LogP contribution >= 0.6 is 0 Å². The van der Waals surface area contributed by atoms with Gasteiger partial charge in [-0.2, -0.15) is 0 Å². The van der Waals surface area contributed by atoms with Gasteiger partial charge in [0.05, 0.1) is 11.2 Å². The Morgan fingerprint density at radius 3 is 1.97 bits per heavy atom. The van der Waals surface area contributed by atoms with Crippen LogP contribution in [0, 0.1) is 44.7 Å². The molecule has 3 nitrogen and oxygen atoms in total. The van der Waals surface area contributed by atoms with E-state index in [0.717, 1.165) is 62.7 Å². The van der Waals surface area contributed by atoms with Crippen molar-refractivity contribution in [1.82, 2.24) is 9.97 Å². The Morgan fingerprint density at radius 2 is 1.28 bits per heavy atom. The molecule has 2 fully saturated rings. The number of benzene rings is 5. The third kappa shape index (κ3) is 9.53. The first kappa shape index (κ1) is 43.3. The van der Waals surface area contributed by atoms with E-state index in [1.807, 2.05) is 0 Å². The number of fused-ring (bicyclic) bond motifs is 4. The normalized spacial score (nSPS) is 14.7. The van der Waals surface area contributed by atoms with E-state index in [1.165, 1.54) is 102 Å². The second kappa shape index (κ2) is 18.6. The molecule has 0 amide bonds. The SMILES string of the molecule is Cc1cc(-c2[c-]c3c(cc2)oc2cc(-c4c(C)cccc4C)ccc23)ncc1CC1CCCC1.[CH3][Ge]([CH3])([CH3])[c]1cnc(-c2[c-]cc3ccccc3c2)cc1CC1CCCC1.[Ir]. The fourth-order valence-corrected chi connectivity index (χ4v) is 13.4. The van der Waals surface area contributed by atoms with Crippen molar-refractivity contribution in [3.63, 3.8) is 0 Å².